The Kier molecular flexibility index (Phi) is 7.39. The van der Waals surface area contributed by atoms with Crippen LogP contribution in [0.15, 0.2) is 23.1 Å². The molecule has 1 heterocycles. The molecule has 1 saturated heterocycles. The zero-order chi connectivity index (χ0) is 14.6. The lowest BCUT2D eigenvalue weighted by Gasteiger charge is -2.15. The number of hydrogen-bond donors (Lipinski definition) is 2. The monoisotopic (exact) mass is 354 g/mol. The minimum absolute atomic E-state index is 0. The summed E-state index contributed by atoms with van der Waals surface area (Å²) >= 11 is 5.97. The van der Waals surface area contributed by atoms with Crippen LogP contribution in [-0.2, 0) is 14.8 Å². The van der Waals surface area contributed by atoms with E-state index in [0.29, 0.717) is 24.8 Å². The van der Waals surface area contributed by atoms with E-state index < -0.39 is 10.0 Å². The van der Waals surface area contributed by atoms with E-state index in [9.17, 15) is 8.42 Å². The molecule has 0 saturated carbocycles. The Balaban J connectivity index is 0.00000220. The molecule has 1 aliphatic heterocycles. The van der Waals surface area contributed by atoms with E-state index in [1.165, 1.54) is 6.07 Å². The molecule has 0 radical (unpaired) electrons. The molecule has 1 fully saturated rings. The Hall–Kier alpha value is -0.370. The average Bonchev–Trinajstić information content (AvgIpc) is 2.68. The molecule has 2 N–H and O–H groups in total. The lowest BCUT2D eigenvalue weighted by atomic mass is 10.2. The Morgan fingerprint density at radius 2 is 2.24 bits per heavy atom. The summed E-state index contributed by atoms with van der Waals surface area (Å²) in [6, 6.07) is 4.74. The summed E-state index contributed by atoms with van der Waals surface area (Å²) in [5.41, 5.74) is 0.854. The fourth-order valence-electron chi connectivity index (χ4n) is 1.94. The van der Waals surface area contributed by atoms with Crippen LogP contribution in [0, 0.1) is 12.8 Å². The average molecular weight is 355 g/mol. The van der Waals surface area contributed by atoms with Crippen molar-refractivity contribution in [3.05, 3.63) is 28.8 Å². The molecular formula is C13H20Cl2N2O3S. The Bertz CT molecular complexity index is 559. The third kappa shape index (κ3) is 5.39. The van der Waals surface area contributed by atoms with Crippen LogP contribution >= 0.6 is 24.0 Å². The van der Waals surface area contributed by atoms with Crippen molar-refractivity contribution in [2.45, 2.75) is 11.8 Å². The quantitative estimate of drug-likeness (QED) is 0.861. The summed E-state index contributed by atoms with van der Waals surface area (Å²) in [5.74, 6) is 0.133. The van der Waals surface area contributed by atoms with Crippen LogP contribution in [-0.4, -0.2) is 41.3 Å². The third-order valence-corrected chi connectivity index (χ3v) is 5.05. The second-order valence-corrected chi connectivity index (χ2v) is 7.08. The van der Waals surface area contributed by atoms with Crippen molar-refractivity contribution in [2.24, 2.45) is 5.92 Å². The van der Waals surface area contributed by atoms with Gasteiger partial charge in [0.1, 0.15) is 0 Å². The smallest absolute Gasteiger partial charge is 0.240 e. The van der Waals surface area contributed by atoms with Crippen LogP contribution in [0.4, 0.5) is 0 Å². The molecule has 8 heteroatoms. The van der Waals surface area contributed by atoms with Crippen molar-refractivity contribution in [1.29, 1.82) is 0 Å². The van der Waals surface area contributed by atoms with Gasteiger partial charge in [-0.1, -0.05) is 17.7 Å². The minimum Gasteiger partial charge on any atom is -0.380 e. The summed E-state index contributed by atoms with van der Waals surface area (Å²) in [6.45, 7) is 4.95. The molecule has 0 spiro atoms. The maximum absolute atomic E-state index is 12.2. The molecule has 1 atom stereocenters. The van der Waals surface area contributed by atoms with Crippen LogP contribution in [0.1, 0.15) is 5.56 Å². The highest BCUT2D eigenvalue weighted by atomic mass is 35.5. The van der Waals surface area contributed by atoms with Gasteiger partial charge in [-0.2, -0.15) is 0 Å². The summed E-state index contributed by atoms with van der Waals surface area (Å²) in [7, 11) is -3.53. The van der Waals surface area contributed by atoms with Gasteiger partial charge in [-0.05, 0) is 24.6 Å². The van der Waals surface area contributed by atoms with Crippen molar-refractivity contribution in [3.63, 3.8) is 0 Å². The molecule has 1 aromatic rings. The third-order valence-electron chi connectivity index (χ3n) is 3.23. The number of nitrogens with one attached hydrogen (secondary N) is 2. The number of benzene rings is 1. The Labute approximate surface area is 136 Å². The topological polar surface area (TPSA) is 67.4 Å². The van der Waals surface area contributed by atoms with E-state index in [1.54, 1.807) is 12.1 Å². The molecule has 5 nitrogen and oxygen atoms in total. The molecule has 21 heavy (non-hydrogen) atoms. The predicted molar refractivity (Wildman–Crippen MR) is 85.8 cm³/mol. The van der Waals surface area contributed by atoms with Gasteiger partial charge in [0.2, 0.25) is 10.0 Å². The van der Waals surface area contributed by atoms with Crippen molar-refractivity contribution < 1.29 is 13.2 Å². The zero-order valence-corrected chi connectivity index (χ0v) is 14.2. The first-order chi connectivity index (χ1) is 9.49. The largest absolute Gasteiger partial charge is 0.380 e. The number of ether oxygens (including phenoxy) is 1. The molecule has 0 aliphatic carbocycles. The van der Waals surface area contributed by atoms with Gasteiger partial charge >= 0.3 is 0 Å². The first kappa shape index (κ1) is 18.7. The molecule has 1 aliphatic rings. The number of hydrogen-bond acceptors (Lipinski definition) is 4. The molecule has 120 valence electrons. The molecule has 0 bridgehead atoms. The van der Waals surface area contributed by atoms with Crippen molar-refractivity contribution in [3.8, 4) is 0 Å². The highest BCUT2D eigenvalue weighted by Crippen LogP contribution is 2.19. The van der Waals surface area contributed by atoms with E-state index >= 15 is 0 Å². The van der Waals surface area contributed by atoms with E-state index in [-0.39, 0.29) is 23.2 Å². The van der Waals surface area contributed by atoms with Crippen molar-refractivity contribution in [2.75, 3.05) is 32.8 Å². The van der Waals surface area contributed by atoms with E-state index in [2.05, 4.69) is 10.0 Å². The molecule has 2 rings (SSSR count). The van der Waals surface area contributed by atoms with Gasteiger partial charge in [0, 0.05) is 30.6 Å². The fourth-order valence-corrected chi connectivity index (χ4v) is 3.33. The summed E-state index contributed by atoms with van der Waals surface area (Å²) in [6.07, 6.45) is 0. The predicted octanol–water partition coefficient (Wildman–Crippen LogP) is 1.58. The molecular weight excluding hydrogens is 335 g/mol. The molecule has 1 aromatic carbocycles. The van der Waals surface area contributed by atoms with Gasteiger partial charge in [0.15, 0.2) is 0 Å². The maximum atomic E-state index is 12.2. The lowest BCUT2D eigenvalue weighted by Crippen LogP contribution is -2.35. The Morgan fingerprint density at radius 1 is 1.48 bits per heavy atom. The normalized spacial score (nSPS) is 19.6. The van der Waals surface area contributed by atoms with Gasteiger partial charge in [0.25, 0.3) is 0 Å². The summed E-state index contributed by atoms with van der Waals surface area (Å²) in [5, 5.41) is 3.66. The standard InChI is InChI=1S/C13H19ClN2O3S.ClH/c1-10-2-3-12(6-13(10)14)20(17,18)16-8-11-7-15-4-5-19-9-11;/h2-3,6,11,15-16H,4-5,7-9H2,1H3;1H. The van der Waals surface area contributed by atoms with Crippen LogP contribution < -0.4 is 10.0 Å². The van der Waals surface area contributed by atoms with Crippen LogP contribution in [0.25, 0.3) is 0 Å². The van der Waals surface area contributed by atoms with Crippen LogP contribution in [0.3, 0.4) is 0 Å². The highest BCUT2D eigenvalue weighted by Gasteiger charge is 2.19. The molecule has 0 amide bonds. The SMILES string of the molecule is Cc1ccc(S(=O)(=O)NCC2CNCCOC2)cc1Cl.Cl. The van der Waals surface area contributed by atoms with Gasteiger partial charge in [-0.15, -0.1) is 12.4 Å². The summed E-state index contributed by atoms with van der Waals surface area (Å²) < 4.78 is 32.4. The van der Waals surface area contributed by atoms with Crippen molar-refractivity contribution in [1.82, 2.24) is 10.0 Å². The van der Waals surface area contributed by atoms with E-state index in [1.807, 2.05) is 6.92 Å². The second kappa shape index (κ2) is 8.31. The Morgan fingerprint density at radius 3 is 2.95 bits per heavy atom. The number of sulfonamides is 1. The van der Waals surface area contributed by atoms with E-state index in [4.69, 9.17) is 16.3 Å². The number of halogens is 2. The fraction of sp³-hybridized carbons (Fsp3) is 0.538. The molecule has 0 aromatic heterocycles. The lowest BCUT2D eigenvalue weighted by molar-refractivity contribution is 0.124. The van der Waals surface area contributed by atoms with Gasteiger partial charge in [0.05, 0.1) is 18.1 Å². The first-order valence-corrected chi connectivity index (χ1v) is 8.39. The van der Waals surface area contributed by atoms with Gasteiger partial charge < -0.3 is 10.1 Å². The van der Waals surface area contributed by atoms with Crippen molar-refractivity contribution >= 4 is 34.0 Å². The summed E-state index contributed by atoms with van der Waals surface area (Å²) in [4.78, 5) is 0.190. The highest BCUT2D eigenvalue weighted by molar-refractivity contribution is 7.89. The van der Waals surface area contributed by atoms with Gasteiger partial charge in [-0.3, -0.25) is 0 Å². The van der Waals surface area contributed by atoms with Crippen LogP contribution in [0.2, 0.25) is 5.02 Å². The second-order valence-electron chi connectivity index (χ2n) is 4.91. The maximum Gasteiger partial charge on any atom is 0.240 e. The van der Waals surface area contributed by atoms with Crippen LogP contribution in [0.5, 0.6) is 0 Å². The van der Waals surface area contributed by atoms with Gasteiger partial charge in [-0.25, -0.2) is 13.1 Å². The van der Waals surface area contributed by atoms with E-state index in [0.717, 1.165) is 18.7 Å². The number of aryl methyl sites for hydroxylation is 1. The zero-order valence-electron chi connectivity index (χ0n) is 11.8. The first-order valence-electron chi connectivity index (χ1n) is 6.53. The molecule has 1 unspecified atom stereocenters. The number of rotatable bonds is 4. The minimum atomic E-state index is -3.53.